The molecule has 2 rings (SSSR count). The molecular weight excluding hydrogens is 286 g/mol. The summed E-state index contributed by atoms with van der Waals surface area (Å²) in [7, 11) is -2.04. The fourth-order valence-electron chi connectivity index (χ4n) is 3.06. The van der Waals surface area contributed by atoms with E-state index in [0.717, 1.165) is 6.42 Å². The molecule has 20 heavy (non-hydrogen) atoms. The second-order valence-corrected chi connectivity index (χ2v) is 7.19. The first-order chi connectivity index (χ1) is 9.35. The maximum Gasteiger partial charge on any atom is 0.317 e. The average Bonchev–Trinajstić information content (AvgIpc) is 2.95. The van der Waals surface area contributed by atoms with Gasteiger partial charge in [0.1, 0.15) is 0 Å². The number of nitrogens with zero attached hydrogens (tertiary/aromatic N) is 1. The molecule has 114 valence electrons. The lowest BCUT2D eigenvalue weighted by atomic mass is 9.89. The number of hydrogen-bond acceptors (Lipinski definition) is 4. The van der Waals surface area contributed by atoms with Crippen LogP contribution in [0.3, 0.4) is 0 Å². The van der Waals surface area contributed by atoms with E-state index < -0.39 is 21.9 Å². The molecule has 2 aliphatic rings. The van der Waals surface area contributed by atoms with E-state index in [4.69, 9.17) is 5.11 Å². The molecule has 2 bridgehead atoms. The third kappa shape index (κ3) is 2.88. The number of carbonyl (C=O) groups is 2. The summed E-state index contributed by atoms with van der Waals surface area (Å²) in [6.45, 7) is 0.00961. The first-order valence-corrected chi connectivity index (χ1v) is 8.21. The molecule has 2 saturated heterocycles. The minimum Gasteiger partial charge on any atom is -0.481 e. The lowest BCUT2D eigenvalue weighted by Gasteiger charge is -2.23. The van der Waals surface area contributed by atoms with Crippen LogP contribution >= 0.6 is 0 Å². The number of aliphatic carboxylic acids is 1. The summed E-state index contributed by atoms with van der Waals surface area (Å²) in [6.07, 6.45) is 2.00. The number of rotatable bonds is 5. The highest BCUT2D eigenvalue weighted by atomic mass is 32.2. The van der Waals surface area contributed by atoms with Crippen LogP contribution in [0.4, 0.5) is 4.79 Å². The second-order valence-electron chi connectivity index (χ2n) is 5.14. The Balaban J connectivity index is 1.89. The summed E-state index contributed by atoms with van der Waals surface area (Å²) < 4.78 is 24.6. The Bertz CT molecular complexity index is 506. The van der Waals surface area contributed by atoms with Gasteiger partial charge in [0, 0.05) is 18.6 Å². The van der Waals surface area contributed by atoms with E-state index in [1.807, 2.05) is 0 Å². The van der Waals surface area contributed by atoms with Crippen LogP contribution < -0.4 is 10.0 Å². The Morgan fingerprint density at radius 1 is 1.35 bits per heavy atom. The van der Waals surface area contributed by atoms with Gasteiger partial charge in [0.05, 0.1) is 11.7 Å². The molecule has 3 unspecified atom stereocenters. The minimum atomic E-state index is -3.35. The lowest BCUT2D eigenvalue weighted by molar-refractivity contribution is -0.142. The molecule has 0 spiro atoms. The zero-order chi connectivity index (χ0) is 14.9. The molecule has 0 aromatic heterocycles. The number of carbonyl (C=O) groups excluding carboxylic acids is 1. The van der Waals surface area contributed by atoms with Crippen LogP contribution in [0.2, 0.25) is 0 Å². The second kappa shape index (κ2) is 5.57. The van der Waals surface area contributed by atoms with Crippen LogP contribution in [0.5, 0.6) is 0 Å². The van der Waals surface area contributed by atoms with Crippen molar-refractivity contribution in [2.24, 2.45) is 5.92 Å². The molecule has 0 radical (unpaired) electrons. The molecule has 0 aromatic rings. The van der Waals surface area contributed by atoms with Gasteiger partial charge < -0.3 is 15.3 Å². The Morgan fingerprint density at radius 3 is 2.60 bits per heavy atom. The first-order valence-electron chi connectivity index (χ1n) is 6.56. The van der Waals surface area contributed by atoms with Gasteiger partial charge in [-0.3, -0.25) is 4.79 Å². The Labute approximate surface area is 117 Å². The number of hydrogen-bond donors (Lipinski definition) is 3. The van der Waals surface area contributed by atoms with Gasteiger partial charge in [0.25, 0.3) is 0 Å². The molecular formula is C11H19N3O5S. The normalized spacial score (nSPS) is 28.6. The van der Waals surface area contributed by atoms with E-state index in [0.29, 0.717) is 12.8 Å². The smallest absolute Gasteiger partial charge is 0.317 e. The van der Waals surface area contributed by atoms with Crippen molar-refractivity contribution in [2.75, 3.05) is 19.3 Å². The molecule has 2 amide bonds. The van der Waals surface area contributed by atoms with Crippen molar-refractivity contribution in [3.05, 3.63) is 0 Å². The van der Waals surface area contributed by atoms with Crippen LogP contribution in [-0.2, 0) is 14.8 Å². The van der Waals surface area contributed by atoms with E-state index in [-0.39, 0.29) is 30.4 Å². The maximum atomic E-state index is 12.1. The van der Waals surface area contributed by atoms with Gasteiger partial charge >= 0.3 is 12.0 Å². The number of fused-ring (bicyclic) bond motifs is 2. The molecule has 0 aromatic carbocycles. The van der Waals surface area contributed by atoms with E-state index >= 15 is 0 Å². The fraction of sp³-hybridized carbons (Fsp3) is 0.818. The van der Waals surface area contributed by atoms with Crippen molar-refractivity contribution in [3.63, 3.8) is 0 Å². The van der Waals surface area contributed by atoms with Gasteiger partial charge in [-0.05, 0) is 26.3 Å². The minimum absolute atomic E-state index is 0.00961. The topological polar surface area (TPSA) is 116 Å². The lowest BCUT2D eigenvalue weighted by Crippen LogP contribution is -2.45. The number of amides is 2. The largest absolute Gasteiger partial charge is 0.481 e. The number of nitrogens with one attached hydrogen (secondary N) is 2. The predicted octanol–water partition coefficient (Wildman–Crippen LogP) is -0.817. The zero-order valence-electron chi connectivity index (χ0n) is 11.2. The highest BCUT2D eigenvalue weighted by Gasteiger charge is 2.51. The number of sulfonamides is 1. The van der Waals surface area contributed by atoms with Crippen LogP contribution in [0.25, 0.3) is 0 Å². The Kier molecular flexibility index (Phi) is 4.19. The summed E-state index contributed by atoms with van der Waals surface area (Å²) in [4.78, 5) is 24.7. The fourth-order valence-corrected chi connectivity index (χ4v) is 3.63. The molecule has 2 fully saturated rings. The van der Waals surface area contributed by atoms with Crippen LogP contribution in [0.15, 0.2) is 0 Å². The summed E-state index contributed by atoms with van der Waals surface area (Å²) >= 11 is 0. The van der Waals surface area contributed by atoms with E-state index in [1.165, 1.54) is 7.05 Å². The average molecular weight is 305 g/mol. The van der Waals surface area contributed by atoms with Crippen molar-refractivity contribution in [1.29, 1.82) is 0 Å². The van der Waals surface area contributed by atoms with Crippen molar-refractivity contribution >= 4 is 22.0 Å². The van der Waals surface area contributed by atoms with Gasteiger partial charge in [0.15, 0.2) is 0 Å². The quantitative estimate of drug-likeness (QED) is 0.614. The summed E-state index contributed by atoms with van der Waals surface area (Å²) in [5, 5.41) is 11.7. The number of carboxylic acid groups (broad SMARTS) is 1. The van der Waals surface area contributed by atoms with Crippen LogP contribution in [0, 0.1) is 5.92 Å². The summed E-state index contributed by atoms with van der Waals surface area (Å²) in [5.74, 6) is -1.56. The van der Waals surface area contributed by atoms with Gasteiger partial charge in [-0.1, -0.05) is 0 Å². The monoisotopic (exact) mass is 305 g/mol. The maximum absolute atomic E-state index is 12.1. The van der Waals surface area contributed by atoms with E-state index in [2.05, 4.69) is 10.0 Å². The van der Waals surface area contributed by atoms with Crippen LogP contribution in [-0.4, -0.2) is 61.9 Å². The zero-order valence-corrected chi connectivity index (χ0v) is 12.0. The Morgan fingerprint density at radius 2 is 2.05 bits per heavy atom. The highest BCUT2D eigenvalue weighted by Crippen LogP contribution is 2.41. The predicted molar refractivity (Wildman–Crippen MR) is 70.6 cm³/mol. The first kappa shape index (κ1) is 15.0. The van der Waals surface area contributed by atoms with Gasteiger partial charge in [-0.25, -0.2) is 17.9 Å². The van der Waals surface area contributed by atoms with Crippen molar-refractivity contribution in [3.8, 4) is 0 Å². The molecule has 3 N–H and O–H groups in total. The number of carboxylic acids is 1. The number of urea groups is 1. The molecule has 0 aliphatic carbocycles. The third-order valence-electron chi connectivity index (χ3n) is 4.05. The van der Waals surface area contributed by atoms with Gasteiger partial charge in [-0.2, -0.15) is 0 Å². The summed E-state index contributed by atoms with van der Waals surface area (Å²) in [6, 6.07) is -0.673. The van der Waals surface area contributed by atoms with Crippen molar-refractivity contribution < 1.29 is 23.1 Å². The van der Waals surface area contributed by atoms with Crippen molar-refractivity contribution in [1.82, 2.24) is 14.9 Å². The van der Waals surface area contributed by atoms with E-state index in [9.17, 15) is 18.0 Å². The van der Waals surface area contributed by atoms with Gasteiger partial charge in [0.2, 0.25) is 10.0 Å². The Hall–Kier alpha value is -1.35. The van der Waals surface area contributed by atoms with E-state index in [1.54, 1.807) is 4.90 Å². The standard InChI is InChI=1S/C11H19N3O5S/c1-12-20(18,19)5-4-13-11(17)14-7-2-3-9(14)8(6-7)10(15)16/h7-9,12H,2-6H2,1H3,(H,13,17)(H,15,16). The molecule has 0 saturated carbocycles. The molecule has 9 heteroatoms. The third-order valence-corrected chi connectivity index (χ3v) is 5.41. The molecule has 2 heterocycles. The molecule has 2 aliphatic heterocycles. The molecule has 8 nitrogen and oxygen atoms in total. The highest BCUT2D eigenvalue weighted by molar-refractivity contribution is 7.89. The summed E-state index contributed by atoms with van der Waals surface area (Å²) in [5.41, 5.74) is 0. The molecule has 3 atom stereocenters. The van der Waals surface area contributed by atoms with Crippen molar-refractivity contribution in [2.45, 2.75) is 31.3 Å². The van der Waals surface area contributed by atoms with Crippen LogP contribution in [0.1, 0.15) is 19.3 Å². The van der Waals surface area contributed by atoms with Gasteiger partial charge in [-0.15, -0.1) is 0 Å². The SMILES string of the molecule is CNS(=O)(=O)CCNC(=O)N1C2CCC1C(C(=O)O)C2.